The van der Waals surface area contributed by atoms with E-state index in [-0.39, 0.29) is 5.75 Å². The van der Waals surface area contributed by atoms with Crippen molar-refractivity contribution < 1.29 is 19.3 Å². The van der Waals surface area contributed by atoms with E-state index in [1.807, 2.05) is 36.4 Å². The van der Waals surface area contributed by atoms with E-state index in [1.165, 1.54) is 0 Å². The van der Waals surface area contributed by atoms with Crippen molar-refractivity contribution in [3.8, 4) is 28.9 Å². The van der Waals surface area contributed by atoms with Gasteiger partial charge in [-0.25, -0.2) is 4.98 Å². The minimum Gasteiger partial charge on any atom is -0.504 e. The van der Waals surface area contributed by atoms with E-state index in [2.05, 4.69) is 16.7 Å². The van der Waals surface area contributed by atoms with Crippen molar-refractivity contribution in [2.24, 2.45) is 5.92 Å². The molecule has 3 aromatic rings. The fourth-order valence-electron chi connectivity index (χ4n) is 4.83. The molecule has 8 nitrogen and oxygen atoms in total. The standard InChI is InChI=1S/C28H34N4O4/c1-19-10-14-32(15-11-19)28-29-24-12-13-31(17-20-4-9-25(33)26(16-20)35-3)18-23(24)27(30-28)36-22-7-5-21(34-2)6-8-22/h4-9,16,19,33H,10-15,17-18H2,1-3H3. The number of anilines is 1. The third-order valence-electron chi connectivity index (χ3n) is 7.08. The van der Waals surface area contributed by atoms with Crippen molar-refractivity contribution >= 4 is 5.95 Å². The number of phenols is 1. The minimum absolute atomic E-state index is 0.147. The highest BCUT2D eigenvalue weighted by atomic mass is 16.5. The van der Waals surface area contributed by atoms with E-state index in [9.17, 15) is 5.11 Å². The van der Waals surface area contributed by atoms with Crippen LogP contribution in [0, 0.1) is 5.92 Å². The van der Waals surface area contributed by atoms with Crippen LogP contribution in [0.2, 0.25) is 0 Å². The van der Waals surface area contributed by atoms with Crippen LogP contribution in [0.3, 0.4) is 0 Å². The van der Waals surface area contributed by atoms with Crippen LogP contribution in [0.1, 0.15) is 36.6 Å². The van der Waals surface area contributed by atoms with Crippen LogP contribution in [0.4, 0.5) is 5.95 Å². The van der Waals surface area contributed by atoms with Crippen molar-refractivity contribution in [2.45, 2.75) is 39.3 Å². The van der Waals surface area contributed by atoms with Gasteiger partial charge in [-0.15, -0.1) is 0 Å². The number of hydrogen-bond acceptors (Lipinski definition) is 8. The Hall–Kier alpha value is -3.52. The highest BCUT2D eigenvalue weighted by Crippen LogP contribution is 2.34. The third kappa shape index (κ3) is 5.33. The Morgan fingerprint density at radius 1 is 0.944 bits per heavy atom. The molecule has 0 saturated carbocycles. The molecule has 1 N–H and O–H groups in total. The zero-order chi connectivity index (χ0) is 25.1. The number of methoxy groups -OCH3 is 2. The zero-order valence-corrected chi connectivity index (χ0v) is 21.2. The van der Waals surface area contributed by atoms with E-state index in [4.69, 9.17) is 24.2 Å². The number of piperidine rings is 1. The van der Waals surface area contributed by atoms with Crippen LogP contribution in [-0.2, 0) is 19.5 Å². The number of aromatic hydroxyl groups is 1. The Balaban J connectivity index is 1.42. The van der Waals surface area contributed by atoms with Gasteiger partial charge >= 0.3 is 0 Å². The number of nitrogens with zero attached hydrogens (tertiary/aromatic N) is 4. The number of benzene rings is 2. The fraction of sp³-hybridized carbons (Fsp3) is 0.429. The Morgan fingerprint density at radius 2 is 1.69 bits per heavy atom. The molecule has 36 heavy (non-hydrogen) atoms. The van der Waals surface area contributed by atoms with Crippen LogP contribution in [0.15, 0.2) is 42.5 Å². The van der Waals surface area contributed by atoms with Gasteiger partial charge in [0.2, 0.25) is 11.8 Å². The maximum atomic E-state index is 9.94. The first kappa shape index (κ1) is 24.2. The molecule has 2 aromatic carbocycles. The second-order valence-electron chi connectivity index (χ2n) is 9.67. The summed E-state index contributed by atoms with van der Waals surface area (Å²) in [5.74, 6) is 4.25. The van der Waals surface area contributed by atoms with E-state index < -0.39 is 0 Å². The second kappa shape index (κ2) is 10.6. The lowest BCUT2D eigenvalue weighted by Gasteiger charge is -2.33. The second-order valence-corrected chi connectivity index (χ2v) is 9.67. The largest absolute Gasteiger partial charge is 0.504 e. The number of fused-ring (bicyclic) bond motifs is 1. The average Bonchev–Trinajstić information content (AvgIpc) is 2.90. The summed E-state index contributed by atoms with van der Waals surface area (Å²) >= 11 is 0. The smallest absolute Gasteiger partial charge is 0.228 e. The van der Waals surface area contributed by atoms with Crippen molar-refractivity contribution in [3.63, 3.8) is 0 Å². The van der Waals surface area contributed by atoms with Crippen LogP contribution in [0.25, 0.3) is 0 Å². The highest BCUT2D eigenvalue weighted by Gasteiger charge is 2.27. The van der Waals surface area contributed by atoms with Crippen LogP contribution in [-0.4, -0.2) is 53.8 Å². The molecule has 0 amide bonds. The number of ether oxygens (including phenoxy) is 3. The lowest BCUT2D eigenvalue weighted by molar-refractivity contribution is 0.237. The van der Waals surface area contributed by atoms with Gasteiger partial charge in [0.05, 0.1) is 25.5 Å². The van der Waals surface area contributed by atoms with E-state index >= 15 is 0 Å². The minimum atomic E-state index is 0.147. The average molecular weight is 491 g/mol. The van der Waals surface area contributed by atoms with Crippen molar-refractivity contribution in [2.75, 3.05) is 38.8 Å². The van der Waals surface area contributed by atoms with Gasteiger partial charge in [-0.3, -0.25) is 4.90 Å². The van der Waals surface area contributed by atoms with Crippen molar-refractivity contribution in [1.29, 1.82) is 0 Å². The molecular formula is C28H34N4O4. The SMILES string of the molecule is COc1ccc(Oc2nc(N3CCC(C)CC3)nc3c2CN(Cc2ccc(O)c(OC)c2)CC3)cc1. The summed E-state index contributed by atoms with van der Waals surface area (Å²) in [6.45, 7) is 6.53. The van der Waals surface area contributed by atoms with Gasteiger partial charge in [0, 0.05) is 39.1 Å². The molecule has 0 bridgehead atoms. The maximum Gasteiger partial charge on any atom is 0.228 e. The Kier molecular flexibility index (Phi) is 7.13. The zero-order valence-electron chi connectivity index (χ0n) is 21.2. The molecule has 5 rings (SSSR count). The topological polar surface area (TPSA) is 80.2 Å². The van der Waals surface area contributed by atoms with Gasteiger partial charge in [-0.2, -0.15) is 4.98 Å². The van der Waals surface area contributed by atoms with E-state index in [1.54, 1.807) is 20.3 Å². The van der Waals surface area contributed by atoms with Gasteiger partial charge in [-0.1, -0.05) is 13.0 Å². The fourth-order valence-corrected chi connectivity index (χ4v) is 4.83. The normalized spacial score (nSPS) is 16.5. The molecular weight excluding hydrogens is 456 g/mol. The summed E-state index contributed by atoms with van der Waals surface area (Å²) in [5, 5.41) is 9.94. The molecule has 0 atom stereocenters. The molecule has 0 radical (unpaired) electrons. The summed E-state index contributed by atoms with van der Waals surface area (Å²) < 4.78 is 16.9. The Morgan fingerprint density at radius 3 is 2.42 bits per heavy atom. The predicted octanol–water partition coefficient (Wildman–Crippen LogP) is 4.79. The van der Waals surface area contributed by atoms with Crippen LogP contribution < -0.4 is 19.1 Å². The van der Waals surface area contributed by atoms with Gasteiger partial charge < -0.3 is 24.2 Å². The molecule has 3 heterocycles. The summed E-state index contributed by atoms with van der Waals surface area (Å²) in [7, 11) is 3.22. The summed E-state index contributed by atoms with van der Waals surface area (Å²) in [5.41, 5.74) is 3.16. The quantitative estimate of drug-likeness (QED) is 0.507. The highest BCUT2D eigenvalue weighted by molar-refractivity contribution is 5.45. The Labute approximate surface area is 212 Å². The molecule has 0 spiro atoms. The van der Waals surface area contributed by atoms with E-state index in [0.717, 1.165) is 85.6 Å². The van der Waals surface area contributed by atoms with Gasteiger partial charge in [0.15, 0.2) is 11.5 Å². The molecule has 1 aromatic heterocycles. The van der Waals surface area contributed by atoms with Crippen LogP contribution >= 0.6 is 0 Å². The lowest BCUT2D eigenvalue weighted by Crippen LogP contribution is -2.36. The third-order valence-corrected chi connectivity index (χ3v) is 7.08. The van der Waals surface area contributed by atoms with Crippen molar-refractivity contribution in [1.82, 2.24) is 14.9 Å². The molecule has 0 aliphatic carbocycles. The lowest BCUT2D eigenvalue weighted by atomic mass is 9.99. The summed E-state index contributed by atoms with van der Waals surface area (Å²) in [6, 6.07) is 13.1. The number of hydrogen-bond donors (Lipinski definition) is 1. The molecule has 2 aliphatic rings. The first-order valence-corrected chi connectivity index (χ1v) is 12.6. The number of aromatic nitrogens is 2. The van der Waals surface area contributed by atoms with E-state index in [0.29, 0.717) is 18.2 Å². The van der Waals surface area contributed by atoms with Crippen molar-refractivity contribution in [3.05, 3.63) is 59.3 Å². The molecule has 8 heteroatoms. The van der Waals surface area contributed by atoms with Gasteiger partial charge in [-0.05, 0) is 60.7 Å². The summed E-state index contributed by atoms with van der Waals surface area (Å²) in [6.07, 6.45) is 3.13. The number of phenolic OH excluding ortho intramolecular Hbond substituents is 1. The summed E-state index contributed by atoms with van der Waals surface area (Å²) in [4.78, 5) is 14.6. The number of rotatable bonds is 7. The molecule has 2 aliphatic heterocycles. The molecule has 1 saturated heterocycles. The molecule has 1 fully saturated rings. The monoisotopic (exact) mass is 490 g/mol. The van der Waals surface area contributed by atoms with Gasteiger partial charge in [0.1, 0.15) is 11.5 Å². The van der Waals surface area contributed by atoms with Crippen LogP contribution in [0.5, 0.6) is 28.9 Å². The first-order chi connectivity index (χ1) is 17.5. The van der Waals surface area contributed by atoms with Gasteiger partial charge in [0.25, 0.3) is 0 Å². The first-order valence-electron chi connectivity index (χ1n) is 12.6. The Bertz CT molecular complexity index is 1190. The maximum absolute atomic E-state index is 9.94. The molecule has 190 valence electrons. The predicted molar refractivity (Wildman–Crippen MR) is 138 cm³/mol. The molecule has 0 unspecified atom stereocenters.